The fourth-order valence-corrected chi connectivity index (χ4v) is 0.879. The highest BCUT2D eigenvalue weighted by Crippen LogP contribution is 2.40. The Hall–Kier alpha value is 0.730. The largest absolute Gasteiger partial charge is 0.327 e. The van der Waals surface area contributed by atoms with Crippen molar-refractivity contribution >= 4 is 32.4 Å². The van der Waals surface area contributed by atoms with Crippen molar-refractivity contribution in [3.63, 3.8) is 0 Å². The second-order valence-electron chi connectivity index (χ2n) is 1.37. The molecule has 0 spiro atoms. The molecule has 6 heteroatoms. The van der Waals surface area contributed by atoms with Gasteiger partial charge in [0.05, 0.1) is 6.61 Å². The Balaban J connectivity index is -0.000000245. The number of hydrogen-bond acceptors (Lipinski definition) is 2. The van der Waals surface area contributed by atoms with E-state index in [1.807, 2.05) is 0 Å². The monoisotopic (exact) mass is 210 g/mol. The minimum Gasteiger partial charge on any atom is -0.324 e. The average molecular weight is 211 g/mol. The SMILES string of the molecule is CCOP(=O)(O)CC.Cl.Cl. The van der Waals surface area contributed by atoms with Crippen LogP contribution in [-0.2, 0) is 9.09 Å². The Labute approximate surface area is 73.5 Å². The van der Waals surface area contributed by atoms with Crippen molar-refractivity contribution in [2.24, 2.45) is 0 Å². The maximum Gasteiger partial charge on any atom is 0.327 e. The molecule has 3 nitrogen and oxygen atoms in total. The van der Waals surface area contributed by atoms with Gasteiger partial charge in [-0.3, -0.25) is 4.57 Å². The van der Waals surface area contributed by atoms with Gasteiger partial charge in [-0.05, 0) is 6.92 Å². The lowest BCUT2D eigenvalue weighted by molar-refractivity contribution is 0.275. The molecule has 0 radical (unpaired) electrons. The van der Waals surface area contributed by atoms with Crippen LogP contribution in [0.5, 0.6) is 0 Å². The van der Waals surface area contributed by atoms with E-state index in [-0.39, 0.29) is 31.0 Å². The van der Waals surface area contributed by atoms with E-state index >= 15 is 0 Å². The second kappa shape index (κ2) is 7.83. The van der Waals surface area contributed by atoms with Crippen molar-refractivity contribution in [1.82, 2.24) is 0 Å². The van der Waals surface area contributed by atoms with E-state index in [0.717, 1.165) is 0 Å². The Bertz CT molecular complexity index is 109. The minimum atomic E-state index is -3.17. The van der Waals surface area contributed by atoms with Crippen molar-refractivity contribution in [1.29, 1.82) is 0 Å². The highest BCUT2D eigenvalue weighted by atomic mass is 35.5. The summed E-state index contributed by atoms with van der Waals surface area (Å²) < 4.78 is 15.0. The van der Waals surface area contributed by atoms with Gasteiger partial charge in [-0.15, -0.1) is 24.8 Å². The van der Waals surface area contributed by atoms with Crippen LogP contribution in [0.25, 0.3) is 0 Å². The Morgan fingerprint density at radius 1 is 1.40 bits per heavy atom. The van der Waals surface area contributed by atoms with E-state index in [0.29, 0.717) is 6.61 Å². The highest BCUT2D eigenvalue weighted by molar-refractivity contribution is 7.52. The summed E-state index contributed by atoms with van der Waals surface area (Å²) >= 11 is 0. The van der Waals surface area contributed by atoms with Crippen LogP contribution in [-0.4, -0.2) is 17.7 Å². The molecule has 0 aliphatic rings. The van der Waals surface area contributed by atoms with Crippen molar-refractivity contribution in [2.75, 3.05) is 12.8 Å². The standard InChI is InChI=1S/C4H11O3P.2ClH/c1-3-7-8(5,6)4-2;;/h3-4H2,1-2H3,(H,5,6);2*1H. The molecular weight excluding hydrogens is 198 g/mol. The lowest BCUT2D eigenvalue weighted by Crippen LogP contribution is -1.89. The van der Waals surface area contributed by atoms with Gasteiger partial charge in [0.1, 0.15) is 0 Å². The number of halogens is 2. The van der Waals surface area contributed by atoms with Crippen LogP contribution in [0, 0.1) is 0 Å². The molecule has 0 heterocycles. The minimum absolute atomic E-state index is 0. The second-order valence-corrected chi connectivity index (χ2v) is 3.54. The van der Waals surface area contributed by atoms with E-state index in [1.54, 1.807) is 13.8 Å². The molecule has 1 atom stereocenters. The van der Waals surface area contributed by atoms with Crippen LogP contribution in [0.15, 0.2) is 0 Å². The molecule has 0 aromatic carbocycles. The van der Waals surface area contributed by atoms with Gasteiger partial charge in [-0.25, -0.2) is 0 Å². The van der Waals surface area contributed by atoms with Crippen LogP contribution < -0.4 is 0 Å². The first-order chi connectivity index (χ1) is 3.62. The number of rotatable bonds is 3. The van der Waals surface area contributed by atoms with Crippen molar-refractivity contribution < 1.29 is 14.0 Å². The molecule has 1 N–H and O–H groups in total. The smallest absolute Gasteiger partial charge is 0.324 e. The van der Waals surface area contributed by atoms with Crippen molar-refractivity contribution in [2.45, 2.75) is 13.8 Å². The van der Waals surface area contributed by atoms with E-state index in [9.17, 15) is 4.57 Å². The van der Waals surface area contributed by atoms with Gasteiger partial charge in [-0.1, -0.05) is 6.92 Å². The molecule has 0 aromatic rings. The maximum atomic E-state index is 10.5. The van der Waals surface area contributed by atoms with E-state index < -0.39 is 7.60 Å². The molecule has 1 unspecified atom stereocenters. The summed E-state index contributed by atoms with van der Waals surface area (Å²) in [6, 6.07) is 0. The van der Waals surface area contributed by atoms with E-state index in [2.05, 4.69) is 4.52 Å². The first kappa shape index (κ1) is 17.0. The Morgan fingerprint density at radius 2 is 1.80 bits per heavy atom. The summed E-state index contributed by atoms with van der Waals surface area (Å²) in [7, 11) is -3.17. The van der Waals surface area contributed by atoms with Crippen molar-refractivity contribution in [3.05, 3.63) is 0 Å². The fourth-order valence-electron chi connectivity index (χ4n) is 0.293. The summed E-state index contributed by atoms with van der Waals surface area (Å²) in [4.78, 5) is 8.66. The third-order valence-corrected chi connectivity index (χ3v) is 2.19. The Kier molecular flexibility index (Phi) is 13.3. The molecule has 0 aliphatic carbocycles. The lowest BCUT2D eigenvalue weighted by atomic mass is 10.9. The van der Waals surface area contributed by atoms with Gasteiger partial charge in [0.15, 0.2) is 0 Å². The van der Waals surface area contributed by atoms with Gasteiger partial charge in [0.2, 0.25) is 0 Å². The van der Waals surface area contributed by atoms with Crippen LogP contribution >= 0.6 is 32.4 Å². The van der Waals surface area contributed by atoms with Crippen LogP contribution in [0.2, 0.25) is 0 Å². The maximum absolute atomic E-state index is 10.5. The van der Waals surface area contributed by atoms with Gasteiger partial charge in [-0.2, -0.15) is 0 Å². The molecule has 0 saturated heterocycles. The van der Waals surface area contributed by atoms with Crippen LogP contribution in [0.4, 0.5) is 0 Å². The molecule has 0 rings (SSSR count). The van der Waals surface area contributed by atoms with E-state index in [4.69, 9.17) is 4.89 Å². The van der Waals surface area contributed by atoms with Crippen molar-refractivity contribution in [3.8, 4) is 0 Å². The normalized spacial score (nSPS) is 14.3. The summed E-state index contributed by atoms with van der Waals surface area (Å²) in [6.45, 7) is 3.62. The molecule has 0 saturated carbocycles. The zero-order valence-electron chi connectivity index (χ0n) is 5.94. The molecule has 0 amide bonds. The molecule has 0 fully saturated rings. The van der Waals surface area contributed by atoms with Crippen LogP contribution in [0.3, 0.4) is 0 Å². The van der Waals surface area contributed by atoms with Gasteiger partial charge < -0.3 is 9.42 Å². The molecule has 0 aliphatic heterocycles. The first-order valence-corrected chi connectivity index (χ1v) is 4.35. The predicted molar refractivity (Wildman–Crippen MR) is 46.5 cm³/mol. The summed E-state index contributed by atoms with van der Waals surface area (Å²) in [5, 5.41) is 0. The zero-order valence-corrected chi connectivity index (χ0v) is 8.47. The average Bonchev–Trinajstić information content (AvgIpc) is 1.67. The van der Waals surface area contributed by atoms with Gasteiger partial charge in [0.25, 0.3) is 0 Å². The molecule has 10 heavy (non-hydrogen) atoms. The molecule has 0 aromatic heterocycles. The van der Waals surface area contributed by atoms with Gasteiger partial charge in [0, 0.05) is 6.16 Å². The van der Waals surface area contributed by atoms with E-state index in [1.165, 1.54) is 0 Å². The molecule has 0 bridgehead atoms. The lowest BCUT2D eigenvalue weighted by Gasteiger charge is -2.05. The fraction of sp³-hybridized carbons (Fsp3) is 1.00. The molecular formula is C4H13Cl2O3P. The quantitative estimate of drug-likeness (QED) is 0.726. The summed E-state index contributed by atoms with van der Waals surface area (Å²) in [6.07, 6.45) is 0.195. The van der Waals surface area contributed by atoms with Crippen LogP contribution in [0.1, 0.15) is 13.8 Å². The predicted octanol–water partition coefficient (Wildman–Crippen LogP) is 2.07. The summed E-state index contributed by atoms with van der Waals surface area (Å²) in [5.74, 6) is 0. The zero-order chi connectivity index (χ0) is 6.62. The summed E-state index contributed by atoms with van der Waals surface area (Å²) in [5.41, 5.74) is 0. The molecule has 66 valence electrons. The topological polar surface area (TPSA) is 46.5 Å². The highest BCUT2D eigenvalue weighted by Gasteiger charge is 2.12. The van der Waals surface area contributed by atoms with Gasteiger partial charge >= 0.3 is 7.60 Å². The number of hydrogen-bond donors (Lipinski definition) is 1. The first-order valence-electron chi connectivity index (χ1n) is 2.58. The third-order valence-electron chi connectivity index (χ3n) is 0.730. The Morgan fingerprint density at radius 3 is 1.90 bits per heavy atom. The third kappa shape index (κ3) is 8.73.